The molecule has 0 bridgehead atoms. The number of amides is 2. The summed E-state index contributed by atoms with van der Waals surface area (Å²) in [4.78, 5) is 24.4. The molecule has 4 nitrogen and oxygen atoms in total. The molecule has 0 aromatic heterocycles. The number of hydrogen-bond acceptors (Lipinski definition) is 2. The highest BCUT2D eigenvalue weighted by Gasteiger charge is 2.51. The van der Waals surface area contributed by atoms with Gasteiger partial charge in [0.15, 0.2) is 0 Å². The number of benzene rings is 1. The van der Waals surface area contributed by atoms with Crippen molar-refractivity contribution in [1.82, 2.24) is 5.32 Å². The van der Waals surface area contributed by atoms with E-state index in [-0.39, 0.29) is 17.2 Å². The lowest BCUT2D eigenvalue weighted by atomic mass is 9.91. The lowest BCUT2D eigenvalue weighted by Gasteiger charge is -2.25. The molecule has 0 radical (unpaired) electrons. The smallest absolute Gasteiger partial charge is 0.230 e. The molecule has 3 rings (SSSR count). The summed E-state index contributed by atoms with van der Waals surface area (Å²) in [7, 11) is 0. The standard InChI is InChI=1S/C20H28N2O2/c1-2-6-18(23)21-17-11-9-15(10-12-17)20(13-14-20)19(24)22-16-7-4-3-5-8-16/h9-12,16H,2-8,13-14H2,1H3,(H,21,23)(H,22,24). The largest absolute Gasteiger partial charge is 0.353 e. The molecule has 1 aromatic carbocycles. The molecule has 0 saturated heterocycles. The van der Waals surface area contributed by atoms with Gasteiger partial charge in [-0.15, -0.1) is 0 Å². The topological polar surface area (TPSA) is 58.2 Å². The molecule has 2 aliphatic rings. The van der Waals surface area contributed by atoms with Crippen molar-refractivity contribution in [3.8, 4) is 0 Å². The highest BCUT2D eigenvalue weighted by Crippen LogP contribution is 2.48. The summed E-state index contributed by atoms with van der Waals surface area (Å²) >= 11 is 0. The van der Waals surface area contributed by atoms with Crippen molar-refractivity contribution in [1.29, 1.82) is 0 Å². The van der Waals surface area contributed by atoms with Gasteiger partial charge in [-0.1, -0.05) is 38.3 Å². The average Bonchev–Trinajstić information content (AvgIpc) is 3.38. The summed E-state index contributed by atoms with van der Waals surface area (Å²) in [5, 5.41) is 6.17. The molecule has 2 saturated carbocycles. The summed E-state index contributed by atoms with van der Waals surface area (Å²) < 4.78 is 0. The van der Waals surface area contributed by atoms with Gasteiger partial charge < -0.3 is 10.6 Å². The Morgan fingerprint density at radius 2 is 1.75 bits per heavy atom. The van der Waals surface area contributed by atoms with E-state index in [0.29, 0.717) is 12.5 Å². The summed E-state index contributed by atoms with van der Waals surface area (Å²) in [6.45, 7) is 1.99. The molecule has 24 heavy (non-hydrogen) atoms. The van der Waals surface area contributed by atoms with E-state index in [1.165, 1.54) is 19.3 Å². The zero-order valence-corrected chi connectivity index (χ0v) is 14.6. The molecule has 4 heteroatoms. The Kier molecular flexibility index (Phi) is 5.22. The molecule has 0 aliphatic heterocycles. The van der Waals surface area contributed by atoms with Crippen LogP contribution in [0.3, 0.4) is 0 Å². The molecule has 2 N–H and O–H groups in total. The Bertz CT molecular complexity index is 584. The first-order valence-electron chi connectivity index (χ1n) is 9.35. The van der Waals surface area contributed by atoms with Crippen LogP contribution in [0.5, 0.6) is 0 Å². The van der Waals surface area contributed by atoms with Crippen LogP contribution in [0.4, 0.5) is 5.69 Å². The minimum atomic E-state index is -0.330. The lowest BCUT2D eigenvalue weighted by Crippen LogP contribution is -2.42. The number of carbonyl (C=O) groups is 2. The van der Waals surface area contributed by atoms with E-state index in [9.17, 15) is 9.59 Å². The molecule has 0 unspecified atom stereocenters. The molecular formula is C20H28N2O2. The van der Waals surface area contributed by atoms with Crippen LogP contribution in [0, 0.1) is 0 Å². The van der Waals surface area contributed by atoms with E-state index in [0.717, 1.165) is 43.4 Å². The van der Waals surface area contributed by atoms with Crippen LogP contribution in [-0.2, 0) is 15.0 Å². The maximum absolute atomic E-state index is 12.8. The van der Waals surface area contributed by atoms with Gasteiger partial charge in [0.2, 0.25) is 11.8 Å². The second-order valence-corrected chi connectivity index (χ2v) is 7.27. The first kappa shape index (κ1) is 17.0. The van der Waals surface area contributed by atoms with Crippen LogP contribution >= 0.6 is 0 Å². The zero-order chi connectivity index (χ0) is 17.0. The Morgan fingerprint density at radius 1 is 1.08 bits per heavy atom. The maximum Gasteiger partial charge on any atom is 0.230 e. The highest BCUT2D eigenvalue weighted by molar-refractivity contribution is 5.92. The van der Waals surface area contributed by atoms with Gasteiger partial charge in [0.1, 0.15) is 0 Å². The molecule has 2 amide bonds. The number of anilines is 1. The van der Waals surface area contributed by atoms with Crippen molar-refractivity contribution in [2.45, 2.75) is 76.2 Å². The molecule has 0 heterocycles. The van der Waals surface area contributed by atoms with Crippen LogP contribution in [0.15, 0.2) is 24.3 Å². The van der Waals surface area contributed by atoms with Gasteiger partial charge in [-0.3, -0.25) is 9.59 Å². The third kappa shape index (κ3) is 3.80. The van der Waals surface area contributed by atoms with Gasteiger partial charge in [0, 0.05) is 18.2 Å². The third-order valence-electron chi connectivity index (χ3n) is 5.32. The van der Waals surface area contributed by atoms with Crippen molar-refractivity contribution in [3.63, 3.8) is 0 Å². The third-order valence-corrected chi connectivity index (χ3v) is 5.32. The SMILES string of the molecule is CCCC(=O)Nc1ccc(C2(C(=O)NC3CCCCC3)CC2)cc1. The van der Waals surface area contributed by atoms with Crippen LogP contribution in [0.2, 0.25) is 0 Å². The average molecular weight is 328 g/mol. The monoisotopic (exact) mass is 328 g/mol. The number of rotatable bonds is 6. The Hall–Kier alpha value is -1.84. The predicted octanol–water partition coefficient (Wildman–Crippen LogP) is 3.91. The van der Waals surface area contributed by atoms with Gasteiger partial charge in [-0.05, 0) is 49.8 Å². The quantitative estimate of drug-likeness (QED) is 0.832. The lowest BCUT2D eigenvalue weighted by molar-refractivity contribution is -0.124. The van der Waals surface area contributed by atoms with Crippen LogP contribution in [0.25, 0.3) is 0 Å². The van der Waals surface area contributed by atoms with Crippen molar-refractivity contribution in [2.75, 3.05) is 5.32 Å². The van der Waals surface area contributed by atoms with Crippen molar-refractivity contribution in [2.24, 2.45) is 0 Å². The minimum Gasteiger partial charge on any atom is -0.353 e. The summed E-state index contributed by atoms with van der Waals surface area (Å²) in [5.74, 6) is 0.235. The maximum atomic E-state index is 12.8. The molecule has 2 fully saturated rings. The van der Waals surface area contributed by atoms with Crippen molar-refractivity contribution < 1.29 is 9.59 Å². The first-order chi connectivity index (χ1) is 11.6. The highest BCUT2D eigenvalue weighted by atomic mass is 16.2. The molecule has 0 spiro atoms. The van der Waals surface area contributed by atoms with Crippen LogP contribution in [-0.4, -0.2) is 17.9 Å². The van der Waals surface area contributed by atoms with Crippen LogP contribution < -0.4 is 10.6 Å². The van der Waals surface area contributed by atoms with Crippen molar-refractivity contribution >= 4 is 17.5 Å². The summed E-state index contributed by atoms with van der Waals surface area (Å²) in [6.07, 6.45) is 9.20. The van der Waals surface area contributed by atoms with Gasteiger partial charge in [0.05, 0.1) is 5.41 Å². The normalized spacial score (nSPS) is 19.5. The van der Waals surface area contributed by atoms with Gasteiger partial charge in [0.25, 0.3) is 0 Å². The zero-order valence-electron chi connectivity index (χ0n) is 14.6. The van der Waals surface area contributed by atoms with E-state index < -0.39 is 0 Å². The Balaban J connectivity index is 1.62. The number of nitrogens with one attached hydrogen (secondary N) is 2. The van der Waals surface area contributed by atoms with Gasteiger partial charge >= 0.3 is 0 Å². The minimum absolute atomic E-state index is 0.0430. The molecular weight excluding hydrogens is 300 g/mol. The van der Waals surface area contributed by atoms with E-state index in [4.69, 9.17) is 0 Å². The predicted molar refractivity (Wildman–Crippen MR) is 95.9 cm³/mol. The van der Waals surface area contributed by atoms with E-state index in [2.05, 4.69) is 10.6 Å². The number of carbonyl (C=O) groups excluding carboxylic acids is 2. The van der Waals surface area contributed by atoms with E-state index in [1.54, 1.807) is 0 Å². The fourth-order valence-corrected chi connectivity index (χ4v) is 3.67. The molecule has 0 atom stereocenters. The fraction of sp³-hybridized carbons (Fsp3) is 0.600. The van der Waals surface area contributed by atoms with Crippen LogP contribution in [0.1, 0.15) is 70.3 Å². The fourth-order valence-electron chi connectivity index (χ4n) is 3.67. The summed E-state index contributed by atoms with van der Waals surface area (Å²) in [5.41, 5.74) is 1.55. The second kappa shape index (κ2) is 7.37. The number of hydrogen-bond donors (Lipinski definition) is 2. The Morgan fingerprint density at radius 3 is 2.33 bits per heavy atom. The molecule has 2 aliphatic carbocycles. The molecule has 1 aromatic rings. The summed E-state index contributed by atoms with van der Waals surface area (Å²) in [6, 6.07) is 8.17. The van der Waals surface area contributed by atoms with Gasteiger partial charge in [-0.25, -0.2) is 0 Å². The first-order valence-corrected chi connectivity index (χ1v) is 9.35. The van der Waals surface area contributed by atoms with Gasteiger partial charge in [-0.2, -0.15) is 0 Å². The van der Waals surface area contributed by atoms with E-state index >= 15 is 0 Å². The van der Waals surface area contributed by atoms with Crippen molar-refractivity contribution in [3.05, 3.63) is 29.8 Å². The van der Waals surface area contributed by atoms with E-state index in [1.807, 2.05) is 31.2 Å². The Labute approximate surface area is 144 Å². The molecule has 130 valence electrons. The second-order valence-electron chi connectivity index (χ2n) is 7.27.